The lowest BCUT2D eigenvalue weighted by Crippen LogP contribution is -2.28. The predicted octanol–water partition coefficient (Wildman–Crippen LogP) is 2.83. The standard InChI is InChI=1S/2C15H16N8O/c1-2-3-4-7-22-13-11(18-9-19-13)14-21-20-12(23(14)15(22)24)10-5-6-16-8-17-10;1-2-3-4-7-22-13-11(18-9-19-13)14-20-12(21-23(14)15(22)24)10-5-6-16-8-17-10/h2*5-6,8-9H,2-4,7H2,1H3,(H,18,19). The van der Waals surface area contributed by atoms with Crippen molar-refractivity contribution in [1.29, 1.82) is 0 Å². The second kappa shape index (κ2) is 13.3. The van der Waals surface area contributed by atoms with Crippen LogP contribution in [0.1, 0.15) is 52.4 Å². The Labute approximate surface area is 271 Å². The van der Waals surface area contributed by atoms with Crippen LogP contribution in [0.15, 0.2) is 59.4 Å². The Balaban J connectivity index is 0.000000152. The number of unbranched alkanes of at least 4 members (excludes halogenated alkanes) is 4. The van der Waals surface area contributed by atoms with Gasteiger partial charge in [0.1, 0.15) is 35.1 Å². The lowest BCUT2D eigenvalue weighted by atomic mass is 10.2. The quantitative estimate of drug-likeness (QED) is 0.205. The molecular weight excluding hydrogens is 616 g/mol. The lowest BCUT2D eigenvalue weighted by Gasteiger charge is -2.08. The van der Waals surface area contributed by atoms with Crippen LogP contribution < -0.4 is 11.4 Å². The van der Waals surface area contributed by atoms with Crippen molar-refractivity contribution in [3.05, 3.63) is 70.8 Å². The largest absolute Gasteiger partial charge is 0.352 e. The van der Waals surface area contributed by atoms with Gasteiger partial charge in [0.2, 0.25) is 5.82 Å². The van der Waals surface area contributed by atoms with Gasteiger partial charge >= 0.3 is 11.4 Å². The number of aromatic amines is 2. The van der Waals surface area contributed by atoms with Crippen LogP contribution in [0.4, 0.5) is 0 Å². The number of imidazole rings is 2. The van der Waals surface area contributed by atoms with Crippen LogP contribution in [0, 0.1) is 0 Å². The summed E-state index contributed by atoms with van der Waals surface area (Å²) in [6, 6.07) is 3.41. The van der Waals surface area contributed by atoms with Crippen LogP contribution >= 0.6 is 0 Å². The molecule has 0 atom stereocenters. The van der Waals surface area contributed by atoms with E-state index in [2.05, 4.69) is 74.0 Å². The van der Waals surface area contributed by atoms with Crippen LogP contribution in [0.3, 0.4) is 0 Å². The summed E-state index contributed by atoms with van der Waals surface area (Å²) in [6.07, 6.45) is 15.3. The second-order valence-electron chi connectivity index (χ2n) is 11.0. The van der Waals surface area contributed by atoms with Crippen molar-refractivity contribution in [3.63, 3.8) is 0 Å². The normalized spacial score (nSPS) is 11.5. The molecule has 0 radical (unpaired) electrons. The Kier molecular flexibility index (Phi) is 8.42. The average molecular weight is 649 g/mol. The highest BCUT2D eigenvalue weighted by molar-refractivity contribution is 5.86. The summed E-state index contributed by atoms with van der Waals surface area (Å²) in [6.45, 7) is 5.46. The zero-order chi connectivity index (χ0) is 33.0. The summed E-state index contributed by atoms with van der Waals surface area (Å²) in [5.74, 6) is 0.787. The van der Waals surface area contributed by atoms with E-state index in [1.165, 1.54) is 21.6 Å². The Morgan fingerprint density at radius 3 is 1.88 bits per heavy atom. The summed E-state index contributed by atoms with van der Waals surface area (Å²) in [5, 5.41) is 12.7. The van der Waals surface area contributed by atoms with Gasteiger partial charge in [-0.05, 0) is 25.0 Å². The molecule has 2 N–H and O–H groups in total. The maximum absolute atomic E-state index is 13.0. The van der Waals surface area contributed by atoms with E-state index in [4.69, 9.17) is 0 Å². The van der Waals surface area contributed by atoms with Crippen LogP contribution in [-0.2, 0) is 13.1 Å². The zero-order valence-corrected chi connectivity index (χ0v) is 26.4. The number of nitrogens with zero attached hydrogens (tertiary/aromatic N) is 14. The van der Waals surface area contributed by atoms with E-state index in [9.17, 15) is 9.59 Å². The molecule has 48 heavy (non-hydrogen) atoms. The van der Waals surface area contributed by atoms with Crippen LogP contribution in [-0.4, -0.2) is 78.2 Å². The maximum atomic E-state index is 13.0. The van der Waals surface area contributed by atoms with Crippen molar-refractivity contribution in [2.45, 2.75) is 65.5 Å². The third-order valence-electron chi connectivity index (χ3n) is 7.89. The molecule has 0 aromatic carbocycles. The smallest absolute Gasteiger partial charge is 0.340 e. The van der Waals surface area contributed by atoms with Gasteiger partial charge in [0.25, 0.3) is 0 Å². The third kappa shape index (κ3) is 5.46. The molecule has 8 heterocycles. The number of fused-ring (bicyclic) bond motifs is 6. The molecule has 0 aliphatic rings. The average Bonchev–Trinajstić information content (AvgIpc) is 3.94. The molecule has 0 aliphatic heterocycles. The van der Waals surface area contributed by atoms with E-state index in [0.29, 0.717) is 69.7 Å². The SMILES string of the molecule is CCCCCn1c(=O)n2c(-c3ccncn3)nnc2c2[nH]cnc21.CCCCCn1c(=O)n2nc(-c3ccncn3)nc2c2[nH]cnc21. The number of H-pyrrole nitrogens is 2. The first kappa shape index (κ1) is 30.5. The van der Waals surface area contributed by atoms with Gasteiger partial charge in [-0.1, -0.05) is 39.5 Å². The van der Waals surface area contributed by atoms with Crippen molar-refractivity contribution in [2.75, 3.05) is 0 Å². The number of nitrogens with one attached hydrogen (secondary N) is 2. The molecular formula is C30H32N16O2. The monoisotopic (exact) mass is 648 g/mol. The van der Waals surface area contributed by atoms with Crippen molar-refractivity contribution in [3.8, 4) is 23.0 Å². The number of hydrogen-bond acceptors (Lipinski definition) is 12. The van der Waals surface area contributed by atoms with Crippen LogP contribution in [0.25, 0.3) is 56.7 Å². The van der Waals surface area contributed by atoms with Gasteiger partial charge in [0.15, 0.2) is 28.4 Å². The Bertz CT molecular complexity index is 2400. The molecule has 0 amide bonds. The minimum Gasteiger partial charge on any atom is -0.340 e. The van der Waals surface area contributed by atoms with Crippen LogP contribution in [0.2, 0.25) is 0 Å². The highest BCUT2D eigenvalue weighted by Gasteiger charge is 2.20. The Hall–Kier alpha value is -6.20. The van der Waals surface area contributed by atoms with Gasteiger partial charge in [-0.3, -0.25) is 9.13 Å². The molecule has 18 heteroatoms. The van der Waals surface area contributed by atoms with E-state index in [1.54, 1.807) is 46.3 Å². The first-order valence-electron chi connectivity index (χ1n) is 15.8. The van der Waals surface area contributed by atoms with Gasteiger partial charge in [-0.25, -0.2) is 48.9 Å². The fourth-order valence-corrected chi connectivity index (χ4v) is 5.53. The molecule has 0 saturated heterocycles. The first-order chi connectivity index (χ1) is 23.6. The summed E-state index contributed by atoms with van der Waals surface area (Å²) in [4.78, 5) is 61.1. The van der Waals surface area contributed by atoms with Gasteiger partial charge < -0.3 is 9.97 Å². The number of hydrogen-bond donors (Lipinski definition) is 2. The third-order valence-corrected chi connectivity index (χ3v) is 7.89. The molecule has 18 nitrogen and oxygen atoms in total. The van der Waals surface area contributed by atoms with E-state index in [0.717, 1.165) is 38.5 Å². The predicted molar refractivity (Wildman–Crippen MR) is 175 cm³/mol. The minimum absolute atomic E-state index is 0.209. The summed E-state index contributed by atoms with van der Waals surface area (Å²) in [7, 11) is 0. The molecule has 8 rings (SSSR count). The summed E-state index contributed by atoms with van der Waals surface area (Å²) >= 11 is 0. The maximum Gasteiger partial charge on any atom is 0.352 e. The highest BCUT2D eigenvalue weighted by Crippen LogP contribution is 2.20. The zero-order valence-electron chi connectivity index (χ0n) is 26.4. The molecule has 0 aliphatic carbocycles. The number of aromatic nitrogens is 16. The van der Waals surface area contributed by atoms with Gasteiger partial charge in [0, 0.05) is 25.5 Å². The summed E-state index contributed by atoms with van der Waals surface area (Å²) < 4.78 is 6.11. The summed E-state index contributed by atoms with van der Waals surface area (Å²) in [5.41, 5.74) is 4.16. The molecule has 0 bridgehead atoms. The van der Waals surface area contributed by atoms with E-state index >= 15 is 0 Å². The fraction of sp³-hybridized carbons (Fsp3) is 0.333. The van der Waals surface area contributed by atoms with Crippen molar-refractivity contribution < 1.29 is 0 Å². The molecule has 0 saturated carbocycles. The highest BCUT2D eigenvalue weighted by atomic mass is 16.2. The molecule has 0 unspecified atom stereocenters. The topological polar surface area (TPSA) is 213 Å². The Morgan fingerprint density at radius 1 is 0.667 bits per heavy atom. The molecule has 8 aromatic rings. The van der Waals surface area contributed by atoms with Gasteiger partial charge in [-0.2, -0.15) is 4.52 Å². The number of rotatable bonds is 10. The minimum atomic E-state index is -0.242. The van der Waals surface area contributed by atoms with E-state index in [-0.39, 0.29) is 11.4 Å². The molecule has 0 fully saturated rings. The van der Waals surface area contributed by atoms with Crippen molar-refractivity contribution >= 4 is 33.6 Å². The van der Waals surface area contributed by atoms with Gasteiger partial charge in [-0.15, -0.1) is 15.3 Å². The van der Waals surface area contributed by atoms with Crippen LogP contribution in [0.5, 0.6) is 0 Å². The second-order valence-corrected chi connectivity index (χ2v) is 11.0. The molecule has 0 spiro atoms. The first-order valence-corrected chi connectivity index (χ1v) is 15.8. The molecule has 8 aromatic heterocycles. The van der Waals surface area contributed by atoms with E-state index < -0.39 is 0 Å². The lowest BCUT2D eigenvalue weighted by molar-refractivity contribution is 0.579. The fourth-order valence-electron chi connectivity index (χ4n) is 5.53. The van der Waals surface area contributed by atoms with Gasteiger partial charge in [0.05, 0.1) is 12.7 Å². The van der Waals surface area contributed by atoms with Crippen molar-refractivity contribution in [2.24, 2.45) is 0 Å². The number of aryl methyl sites for hydroxylation is 2. The van der Waals surface area contributed by atoms with E-state index in [1.807, 2.05) is 0 Å². The molecule has 244 valence electrons. The Morgan fingerprint density at radius 2 is 1.27 bits per heavy atom. The van der Waals surface area contributed by atoms with Crippen molar-refractivity contribution in [1.82, 2.24) is 78.2 Å².